The Morgan fingerprint density at radius 1 is 1.26 bits per heavy atom. The molecule has 0 fully saturated rings. The molecule has 100 valence electrons. The molecule has 19 heavy (non-hydrogen) atoms. The number of nitrogens with zero attached hydrogens (tertiary/aromatic N) is 2. The highest BCUT2D eigenvalue weighted by Crippen LogP contribution is 2.30. The van der Waals surface area contributed by atoms with Crippen molar-refractivity contribution in [2.75, 3.05) is 11.6 Å². The second kappa shape index (κ2) is 6.78. The maximum absolute atomic E-state index is 6.15. The molecule has 0 bridgehead atoms. The summed E-state index contributed by atoms with van der Waals surface area (Å²) in [7, 11) is 0. The lowest BCUT2D eigenvalue weighted by atomic mass is 10.2. The molecule has 2 rings (SSSR count). The maximum Gasteiger partial charge on any atom is 0.138 e. The predicted octanol–water partition coefficient (Wildman–Crippen LogP) is 4.55. The zero-order valence-corrected chi connectivity index (χ0v) is 12.6. The molecule has 0 aliphatic heterocycles. The van der Waals surface area contributed by atoms with Crippen LogP contribution in [0.5, 0.6) is 0 Å². The van der Waals surface area contributed by atoms with Crippen molar-refractivity contribution in [3.63, 3.8) is 0 Å². The third kappa shape index (κ3) is 3.39. The van der Waals surface area contributed by atoms with E-state index >= 15 is 0 Å². The molecule has 1 N–H and O–H groups in total. The van der Waals surface area contributed by atoms with Gasteiger partial charge in [-0.15, -0.1) is 11.8 Å². The molecule has 0 atom stereocenters. The monoisotopic (exact) mass is 293 g/mol. The average Bonchev–Trinajstić information content (AvgIpc) is 2.43. The van der Waals surface area contributed by atoms with Crippen molar-refractivity contribution in [2.45, 2.75) is 24.7 Å². The van der Waals surface area contributed by atoms with Crippen molar-refractivity contribution in [1.29, 1.82) is 0 Å². The minimum absolute atomic E-state index is 0.529. The lowest BCUT2D eigenvalue weighted by molar-refractivity contribution is 0.904. The van der Waals surface area contributed by atoms with Crippen LogP contribution in [-0.4, -0.2) is 16.2 Å². The summed E-state index contributed by atoms with van der Waals surface area (Å²) in [5.41, 5.74) is 2.02. The molecule has 0 saturated heterocycles. The van der Waals surface area contributed by atoms with E-state index in [1.54, 1.807) is 11.8 Å². The zero-order valence-electron chi connectivity index (χ0n) is 11.0. The number of halogens is 1. The lowest BCUT2D eigenvalue weighted by Crippen LogP contribution is -2.02. The minimum atomic E-state index is 0.529. The molecule has 1 heterocycles. The summed E-state index contributed by atoms with van der Waals surface area (Å²) >= 11 is 7.85. The van der Waals surface area contributed by atoms with Crippen molar-refractivity contribution in [1.82, 2.24) is 9.97 Å². The molecule has 1 aromatic carbocycles. The van der Waals surface area contributed by atoms with E-state index in [0.717, 1.165) is 29.9 Å². The van der Waals surface area contributed by atoms with E-state index in [1.807, 2.05) is 18.2 Å². The smallest absolute Gasteiger partial charge is 0.138 e. The molecule has 5 heteroatoms. The number of thioether (sulfide) groups is 1. The lowest BCUT2D eigenvalue weighted by Gasteiger charge is -2.13. The first-order chi connectivity index (χ1) is 9.26. The third-order valence-corrected chi connectivity index (χ3v) is 3.87. The second-order valence-corrected chi connectivity index (χ2v) is 5.27. The van der Waals surface area contributed by atoms with Gasteiger partial charge in [0.2, 0.25) is 0 Å². The van der Waals surface area contributed by atoms with Gasteiger partial charge in [0, 0.05) is 10.5 Å². The van der Waals surface area contributed by atoms with E-state index in [4.69, 9.17) is 11.6 Å². The summed E-state index contributed by atoms with van der Waals surface area (Å²) in [6.07, 6.45) is 5.42. The fraction of sp³-hybridized carbons (Fsp3) is 0.286. The summed E-state index contributed by atoms with van der Waals surface area (Å²) in [4.78, 5) is 9.54. The van der Waals surface area contributed by atoms with Crippen LogP contribution in [0.25, 0.3) is 0 Å². The van der Waals surface area contributed by atoms with Gasteiger partial charge in [0.15, 0.2) is 0 Å². The van der Waals surface area contributed by atoms with Gasteiger partial charge >= 0.3 is 0 Å². The summed E-state index contributed by atoms with van der Waals surface area (Å²) in [5.74, 6) is 0.795. The van der Waals surface area contributed by atoms with Gasteiger partial charge < -0.3 is 5.32 Å². The van der Waals surface area contributed by atoms with Gasteiger partial charge in [-0.05, 0) is 24.8 Å². The van der Waals surface area contributed by atoms with Crippen LogP contribution < -0.4 is 5.32 Å². The van der Waals surface area contributed by atoms with Crippen LogP contribution >= 0.6 is 23.4 Å². The minimum Gasteiger partial charge on any atom is -0.339 e. The van der Waals surface area contributed by atoms with Crippen molar-refractivity contribution >= 4 is 34.9 Å². The zero-order chi connectivity index (χ0) is 13.7. The largest absolute Gasteiger partial charge is 0.339 e. The number of nitrogens with one attached hydrogen (secondary N) is 1. The Morgan fingerprint density at radius 3 is 2.79 bits per heavy atom. The van der Waals surface area contributed by atoms with Crippen LogP contribution in [0.15, 0.2) is 35.5 Å². The van der Waals surface area contributed by atoms with Crippen LogP contribution in [-0.2, 0) is 6.42 Å². The summed E-state index contributed by atoms with van der Waals surface area (Å²) in [6.45, 7) is 2.11. The summed E-state index contributed by atoms with van der Waals surface area (Å²) in [5, 5.41) is 3.89. The molecule has 0 saturated carbocycles. The number of aromatic nitrogens is 2. The van der Waals surface area contributed by atoms with Crippen LogP contribution in [0.3, 0.4) is 0 Å². The van der Waals surface area contributed by atoms with E-state index < -0.39 is 0 Å². The first-order valence-corrected chi connectivity index (χ1v) is 7.76. The van der Waals surface area contributed by atoms with E-state index in [9.17, 15) is 0 Å². The number of benzene rings is 1. The molecule has 0 unspecified atom stereocenters. The predicted molar refractivity (Wildman–Crippen MR) is 82.5 cm³/mol. The quantitative estimate of drug-likeness (QED) is 0.648. The summed E-state index contributed by atoms with van der Waals surface area (Å²) in [6, 6.07) is 8.15. The SMILES string of the molecule is CCCc1c(Cl)ncnc1Nc1ccccc1SC. The standard InChI is InChI=1S/C14H16ClN3S/c1-3-6-10-13(15)16-9-17-14(10)18-11-7-4-5-8-12(11)19-2/h4-5,7-9H,3,6H2,1-2H3,(H,16,17,18). The maximum atomic E-state index is 6.15. The van der Waals surface area contributed by atoms with Crippen LogP contribution in [0.1, 0.15) is 18.9 Å². The number of rotatable bonds is 5. The van der Waals surface area contributed by atoms with E-state index in [1.165, 1.54) is 11.2 Å². The highest BCUT2D eigenvalue weighted by molar-refractivity contribution is 7.98. The van der Waals surface area contributed by atoms with Crippen LogP contribution in [0.2, 0.25) is 5.15 Å². The number of para-hydroxylation sites is 1. The van der Waals surface area contributed by atoms with Gasteiger partial charge in [0.1, 0.15) is 17.3 Å². The Labute approximate surface area is 122 Å². The number of hydrogen-bond acceptors (Lipinski definition) is 4. The van der Waals surface area contributed by atoms with Gasteiger partial charge in [-0.1, -0.05) is 37.1 Å². The molecule has 3 nitrogen and oxygen atoms in total. The number of hydrogen-bond donors (Lipinski definition) is 1. The Kier molecular flexibility index (Phi) is 5.05. The Hall–Kier alpha value is -1.26. The van der Waals surface area contributed by atoms with Gasteiger partial charge in [-0.2, -0.15) is 0 Å². The molecular formula is C14H16ClN3S. The van der Waals surface area contributed by atoms with E-state index in [0.29, 0.717) is 5.15 Å². The van der Waals surface area contributed by atoms with Crippen molar-refractivity contribution in [3.05, 3.63) is 41.3 Å². The topological polar surface area (TPSA) is 37.8 Å². The molecule has 0 aliphatic rings. The van der Waals surface area contributed by atoms with Gasteiger partial charge in [0.25, 0.3) is 0 Å². The van der Waals surface area contributed by atoms with Crippen molar-refractivity contribution in [2.24, 2.45) is 0 Å². The first kappa shape index (κ1) is 14.2. The van der Waals surface area contributed by atoms with E-state index in [2.05, 4.69) is 34.5 Å². The normalized spacial score (nSPS) is 10.5. The highest BCUT2D eigenvalue weighted by atomic mass is 35.5. The molecule has 2 aromatic rings. The highest BCUT2D eigenvalue weighted by Gasteiger charge is 2.10. The first-order valence-electron chi connectivity index (χ1n) is 6.15. The van der Waals surface area contributed by atoms with E-state index in [-0.39, 0.29) is 0 Å². The molecular weight excluding hydrogens is 278 g/mol. The number of anilines is 2. The van der Waals surface area contributed by atoms with Gasteiger partial charge in [0.05, 0.1) is 5.69 Å². The van der Waals surface area contributed by atoms with Crippen LogP contribution in [0, 0.1) is 0 Å². The molecule has 0 aliphatic carbocycles. The fourth-order valence-electron chi connectivity index (χ4n) is 1.85. The Morgan fingerprint density at radius 2 is 2.05 bits per heavy atom. The molecule has 0 radical (unpaired) electrons. The Bertz CT molecular complexity index is 560. The molecule has 0 amide bonds. The van der Waals surface area contributed by atoms with Crippen molar-refractivity contribution in [3.8, 4) is 0 Å². The molecule has 0 spiro atoms. The van der Waals surface area contributed by atoms with Gasteiger partial charge in [-0.25, -0.2) is 9.97 Å². The average molecular weight is 294 g/mol. The Balaban J connectivity index is 2.35. The van der Waals surface area contributed by atoms with Crippen molar-refractivity contribution < 1.29 is 0 Å². The third-order valence-electron chi connectivity index (χ3n) is 2.75. The van der Waals surface area contributed by atoms with Crippen LogP contribution in [0.4, 0.5) is 11.5 Å². The molecule has 1 aromatic heterocycles. The fourth-order valence-corrected chi connectivity index (χ4v) is 2.63. The summed E-state index contributed by atoms with van der Waals surface area (Å²) < 4.78 is 0. The van der Waals surface area contributed by atoms with Gasteiger partial charge in [-0.3, -0.25) is 0 Å². The second-order valence-electron chi connectivity index (χ2n) is 4.07.